The fourth-order valence-electron chi connectivity index (χ4n) is 1.90. The zero-order valence-electron chi connectivity index (χ0n) is 12.9. The van der Waals surface area contributed by atoms with Crippen molar-refractivity contribution in [3.05, 3.63) is 23.5 Å². The third-order valence-electron chi connectivity index (χ3n) is 2.56. The molecule has 0 aromatic carbocycles. The Morgan fingerprint density at radius 1 is 1.17 bits per heavy atom. The lowest BCUT2D eigenvalue weighted by atomic mass is 10.3. The zero-order valence-corrected chi connectivity index (χ0v) is 12.9. The fraction of sp³-hybridized carbons (Fsp3) is 0.667. The lowest BCUT2D eigenvalue weighted by molar-refractivity contribution is 0.332. The minimum atomic E-state index is 1.02. The number of nitrogens with zero attached hydrogens (tertiary/aromatic N) is 3. The lowest BCUT2D eigenvalue weighted by Crippen LogP contribution is -2.16. The normalized spacial score (nSPS) is 15.0. The van der Waals surface area contributed by atoms with Gasteiger partial charge < -0.3 is 4.90 Å². The number of aryl methyl sites for hydroxylation is 1. The first-order chi connectivity index (χ1) is 8.79. The topological polar surface area (TPSA) is 21.1 Å². The highest BCUT2D eigenvalue weighted by atomic mass is 15.3. The van der Waals surface area contributed by atoms with Gasteiger partial charge in [-0.1, -0.05) is 33.8 Å². The van der Waals surface area contributed by atoms with Gasteiger partial charge in [-0.05, 0) is 32.5 Å². The molecule has 0 unspecified atom stereocenters. The van der Waals surface area contributed by atoms with Crippen molar-refractivity contribution in [2.75, 3.05) is 13.6 Å². The molecule has 0 saturated carbocycles. The highest BCUT2D eigenvalue weighted by Crippen LogP contribution is 2.13. The van der Waals surface area contributed by atoms with Crippen LogP contribution < -0.4 is 0 Å². The molecule has 0 aliphatic carbocycles. The number of hydrogen-bond acceptors (Lipinski definition) is 2. The summed E-state index contributed by atoms with van der Waals surface area (Å²) >= 11 is 0. The van der Waals surface area contributed by atoms with Gasteiger partial charge in [0.05, 0.1) is 11.4 Å². The maximum Gasteiger partial charge on any atom is 0.0851 e. The molecule has 1 aliphatic rings. The van der Waals surface area contributed by atoms with Gasteiger partial charge in [-0.2, -0.15) is 5.10 Å². The summed E-state index contributed by atoms with van der Waals surface area (Å²) in [6.45, 7) is 13.3. The molecule has 1 aromatic heterocycles. The molecule has 0 fully saturated rings. The minimum absolute atomic E-state index is 1.02. The maximum atomic E-state index is 4.54. The van der Waals surface area contributed by atoms with Crippen LogP contribution in [0.1, 0.15) is 52.4 Å². The van der Waals surface area contributed by atoms with Crippen molar-refractivity contribution in [3.63, 3.8) is 0 Å². The molecule has 0 bridgehead atoms. The van der Waals surface area contributed by atoms with Crippen LogP contribution in [0.2, 0.25) is 0 Å². The Bertz CT molecular complexity index is 340. The fourth-order valence-corrected chi connectivity index (χ4v) is 1.90. The molecule has 0 saturated heterocycles. The Morgan fingerprint density at radius 2 is 1.83 bits per heavy atom. The van der Waals surface area contributed by atoms with Gasteiger partial charge in [0.15, 0.2) is 0 Å². The van der Waals surface area contributed by atoms with Crippen LogP contribution in [0.4, 0.5) is 0 Å². The highest BCUT2D eigenvalue weighted by molar-refractivity contribution is 5.44. The molecule has 18 heavy (non-hydrogen) atoms. The van der Waals surface area contributed by atoms with E-state index in [1.165, 1.54) is 18.7 Å². The van der Waals surface area contributed by atoms with Crippen LogP contribution in [0.25, 0.3) is 6.08 Å². The van der Waals surface area contributed by atoms with Gasteiger partial charge in [0.2, 0.25) is 0 Å². The van der Waals surface area contributed by atoms with E-state index in [9.17, 15) is 0 Å². The predicted molar refractivity (Wildman–Crippen MR) is 80.6 cm³/mol. The molecular formula is C15H29N3. The number of hydrogen-bond donors (Lipinski definition) is 0. The Kier molecular flexibility index (Phi) is 9.29. The Morgan fingerprint density at radius 3 is 2.44 bits per heavy atom. The molecular weight excluding hydrogens is 222 g/mol. The molecule has 0 spiro atoms. The molecule has 1 aliphatic heterocycles. The lowest BCUT2D eigenvalue weighted by Gasteiger charge is -2.10. The Balaban J connectivity index is 0.000000659. The molecule has 2 heterocycles. The largest absolute Gasteiger partial charge is 0.300 e. The minimum Gasteiger partial charge on any atom is -0.300 e. The quantitative estimate of drug-likeness (QED) is 0.757. The third kappa shape index (κ3) is 5.05. The Hall–Kier alpha value is -1.09. The Labute approximate surface area is 112 Å². The van der Waals surface area contributed by atoms with E-state index < -0.39 is 0 Å². The zero-order chi connectivity index (χ0) is 14.0. The first-order valence-corrected chi connectivity index (χ1v) is 7.17. The van der Waals surface area contributed by atoms with Crippen LogP contribution in [-0.4, -0.2) is 28.3 Å². The summed E-state index contributed by atoms with van der Waals surface area (Å²) < 4.78 is 2.14. The van der Waals surface area contributed by atoms with Crippen LogP contribution in [0.3, 0.4) is 0 Å². The third-order valence-corrected chi connectivity index (χ3v) is 2.56. The smallest absolute Gasteiger partial charge is 0.0851 e. The summed E-state index contributed by atoms with van der Waals surface area (Å²) in [6.07, 6.45) is 5.29. The second kappa shape index (κ2) is 9.89. The first kappa shape index (κ1) is 16.9. The van der Waals surface area contributed by atoms with Gasteiger partial charge in [-0.25, -0.2) is 0 Å². The standard InChI is InChI=1S/C11H17N3.2C2H6/c1-3-5-10-8-11-9-13(2)6-4-7-14(11)12-10;2*1-2/h3,5,8H,4,6-7,9H2,1-2H3;2*1-2H3/b5-3-;;. The van der Waals surface area contributed by atoms with Gasteiger partial charge in [0, 0.05) is 19.6 Å². The summed E-state index contributed by atoms with van der Waals surface area (Å²) in [6, 6.07) is 2.18. The molecule has 0 atom stereocenters. The van der Waals surface area contributed by atoms with Crippen LogP contribution in [0.15, 0.2) is 12.1 Å². The van der Waals surface area contributed by atoms with Crippen molar-refractivity contribution in [3.8, 4) is 0 Å². The predicted octanol–water partition coefficient (Wildman–Crippen LogP) is 3.80. The van der Waals surface area contributed by atoms with Crippen molar-refractivity contribution in [2.24, 2.45) is 0 Å². The van der Waals surface area contributed by atoms with Crippen molar-refractivity contribution in [2.45, 2.75) is 54.1 Å². The van der Waals surface area contributed by atoms with Crippen LogP contribution in [0.5, 0.6) is 0 Å². The maximum absolute atomic E-state index is 4.54. The van der Waals surface area contributed by atoms with Crippen LogP contribution in [0, 0.1) is 0 Å². The van der Waals surface area contributed by atoms with E-state index in [-0.39, 0.29) is 0 Å². The molecule has 104 valence electrons. The van der Waals surface area contributed by atoms with Gasteiger partial charge in [0.25, 0.3) is 0 Å². The van der Waals surface area contributed by atoms with E-state index in [0.29, 0.717) is 0 Å². The molecule has 1 aromatic rings. The van der Waals surface area contributed by atoms with Gasteiger partial charge in [-0.15, -0.1) is 0 Å². The van der Waals surface area contributed by atoms with E-state index in [0.717, 1.165) is 18.8 Å². The summed E-state index contributed by atoms with van der Waals surface area (Å²) in [4.78, 5) is 2.35. The first-order valence-electron chi connectivity index (χ1n) is 7.17. The van der Waals surface area contributed by atoms with Gasteiger partial charge in [0.1, 0.15) is 0 Å². The molecule has 0 amide bonds. The molecule has 2 rings (SSSR count). The number of fused-ring (bicyclic) bond motifs is 1. The molecule has 3 nitrogen and oxygen atoms in total. The van der Waals surface area contributed by atoms with Crippen LogP contribution in [-0.2, 0) is 13.1 Å². The van der Waals surface area contributed by atoms with Gasteiger partial charge in [-0.3, -0.25) is 4.68 Å². The number of allylic oxidation sites excluding steroid dienone is 1. The highest BCUT2D eigenvalue weighted by Gasteiger charge is 2.12. The molecule has 0 N–H and O–H groups in total. The van der Waals surface area contributed by atoms with Gasteiger partial charge >= 0.3 is 0 Å². The second-order valence-electron chi connectivity index (χ2n) is 3.88. The van der Waals surface area contributed by atoms with E-state index in [1.807, 2.05) is 40.7 Å². The molecule has 3 heteroatoms. The summed E-state index contributed by atoms with van der Waals surface area (Å²) in [5.41, 5.74) is 2.41. The van der Waals surface area contributed by atoms with Crippen molar-refractivity contribution >= 4 is 6.08 Å². The second-order valence-corrected chi connectivity index (χ2v) is 3.88. The SMILES string of the molecule is C/C=C\c1cc2n(n1)CCCN(C)C2.CC.CC. The average Bonchev–Trinajstić information content (AvgIpc) is 2.68. The van der Waals surface area contributed by atoms with Crippen molar-refractivity contribution in [1.29, 1.82) is 0 Å². The van der Waals surface area contributed by atoms with E-state index >= 15 is 0 Å². The summed E-state index contributed by atoms with van der Waals surface area (Å²) in [7, 11) is 2.16. The monoisotopic (exact) mass is 251 g/mol. The van der Waals surface area contributed by atoms with Crippen molar-refractivity contribution < 1.29 is 0 Å². The van der Waals surface area contributed by atoms with E-state index in [2.05, 4.69) is 33.9 Å². The number of aromatic nitrogens is 2. The average molecular weight is 251 g/mol. The summed E-state index contributed by atoms with van der Waals surface area (Å²) in [5.74, 6) is 0. The van der Waals surface area contributed by atoms with E-state index in [4.69, 9.17) is 0 Å². The van der Waals surface area contributed by atoms with E-state index in [1.54, 1.807) is 0 Å². The van der Waals surface area contributed by atoms with Crippen LogP contribution >= 0.6 is 0 Å². The number of rotatable bonds is 1. The van der Waals surface area contributed by atoms with Crippen molar-refractivity contribution in [1.82, 2.24) is 14.7 Å². The summed E-state index contributed by atoms with van der Waals surface area (Å²) in [5, 5.41) is 4.54. The molecule has 0 radical (unpaired) electrons.